The highest BCUT2D eigenvalue weighted by molar-refractivity contribution is 6.64. The lowest BCUT2D eigenvalue weighted by molar-refractivity contribution is -0.194. The van der Waals surface area contributed by atoms with Crippen molar-refractivity contribution in [2.75, 3.05) is 13.2 Å². The Labute approximate surface area is 151 Å². The van der Waals surface area contributed by atoms with E-state index in [-0.39, 0.29) is 18.3 Å². The van der Waals surface area contributed by atoms with Crippen LogP contribution in [0.5, 0.6) is 0 Å². The summed E-state index contributed by atoms with van der Waals surface area (Å²) in [5.41, 5.74) is -0.870. The van der Waals surface area contributed by atoms with Gasteiger partial charge in [-0.1, -0.05) is 20.8 Å². The number of ether oxygens (including phenoxy) is 1. The van der Waals surface area contributed by atoms with E-state index in [1.54, 1.807) is 6.92 Å². The van der Waals surface area contributed by atoms with Gasteiger partial charge in [-0.25, -0.2) is 0 Å². The fourth-order valence-corrected chi connectivity index (χ4v) is 4.62. The summed E-state index contributed by atoms with van der Waals surface area (Å²) < 4.78 is 45.0. The van der Waals surface area contributed by atoms with E-state index in [0.717, 1.165) is 4.90 Å². The summed E-state index contributed by atoms with van der Waals surface area (Å²) in [6, 6.07) is -1.17. The highest BCUT2D eigenvalue weighted by Gasteiger charge is 2.54. The van der Waals surface area contributed by atoms with Crippen LogP contribution in [-0.4, -0.2) is 47.5 Å². The van der Waals surface area contributed by atoms with Crippen LogP contribution in [0.25, 0.3) is 0 Å². The van der Waals surface area contributed by atoms with Crippen molar-refractivity contribution in [3.63, 3.8) is 0 Å². The maximum atomic E-state index is 13.2. The van der Waals surface area contributed by atoms with E-state index in [9.17, 15) is 22.8 Å². The Bertz CT molecular complexity index is 526. The molecule has 1 saturated heterocycles. The lowest BCUT2D eigenvalue weighted by atomic mass is 9.76. The number of carbonyl (C=O) groups is 2. The van der Waals surface area contributed by atoms with Crippen molar-refractivity contribution in [2.45, 2.75) is 64.7 Å². The fraction of sp³-hybridized carbons (Fsp3) is 0.882. The number of nitrogens with zero attached hydrogens (tertiary/aromatic N) is 1. The first-order valence-corrected chi connectivity index (χ1v) is 9.05. The predicted octanol–water partition coefficient (Wildman–Crippen LogP) is 3.76. The Kier molecular flexibility index (Phi) is 6.09. The molecule has 25 heavy (non-hydrogen) atoms. The minimum atomic E-state index is -4.94. The van der Waals surface area contributed by atoms with Crippen molar-refractivity contribution >= 4 is 22.8 Å². The SMILES string of the molecule is CC1COCCC1N(C(=O)C(F)(F)F)[C@@H]1CC[C@@](C(=O)Cl)(C(C)C)C1. The van der Waals surface area contributed by atoms with E-state index >= 15 is 0 Å². The van der Waals surface area contributed by atoms with Crippen molar-refractivity contribution in [3.8, 4) is 0 Å². The summed E-state index contributed by atoms with van der Waals surface area (Å²) in [6.07, 6.45) is -3.65. The molecule has 1 aliphatic carbocycles. The van der Waals surface area contributed by atoms with Crippen molar-refractivity contribution < 1.29 is 27.5 Å². The summed E-state index contributed by atoms with van der Waals surface area (Å²) in [4.78, 5) is 25.2. The summed E-state index contributed by atoms with van der Waals surface area (Å²) in [7, 11) is 0. The van der Waals surface area contributed by atoms with Gasteiger partial charge in [0, 0.05) is 30.0 Å². The predicted molar refractivity (Wildman–Crippen MR) is 87.1 cm³/mol. The molecule has 0 radical (unpaired) electrons. The molecule has 1 saturated carbocycles. The molecule has 0 aromatic carbocycles. The zero-order valence-electron chi connectivity index (χ0n) is 14.7. The van der Waals surface area contributed by atoms with Gasteiger partial charge in [0.05, 0.1) is 6.61 Å². The Morgan fingerprint density at radius 1 is 1.28 bits per heavy atom. The molecule has 2 unspecified atom stereocenters. The van der Waals surface area contributed by atoms with Crippen LogP contribution in [0.4, 0.5) is 13.2 Å². The first-order valence-electron chi connectivity index (χ1n) is 8.68. The summed E-state index contributed by atoms with van der Waals surface area (Å²) in [5, 5.41) is -0.524. The number of halogens is 4. The molecular weight excluding hydrogens is 359 g/mol. The minimum Gasteiger partial charge on any atom is -0.381 e. The zero-order valence-corrected chi connectivity index (χ0v) is 15.5. The van der Waals surface area contributed by atoms with Crippen molar-refractivity contribution in [1.29, 1.82) is 0 Å². The first-order chi connectivity index (χ1) is 11.5. The van der Waals surface area contributed by atoms with Gasteiger partial charge in [0.2, 0.25) is 5.24 Å². The van der Waals surface area contributed by atoms with Crippen LogP contribution in [-0.2, 0) is 14.3 Å². The number of hydrogen-bond acceptors (Lipinski definition) is 3. The van der Waals surface area contributed by atoms with Gasteiger partial charge in [0.1, 0.15) is 0 Å². The highest BCUT2D eigenvalue weighted by Crippen LogP contribution is 2.49. The lowest BCUT2D eigenvalue weighted by Gasteiger charge is -2.42. The van der Waals surface area contributed by atoms with Crippen LogP contribution in [0.1, 0.15) is 46.5 Å². The van der Waals surface area contributed by atoms with Gasteiger partial charge in [-0.05, 0) is 43.2 Å². The standard InChI is InChI=1S/C17H25ClF3NO3/c1-10(2)16(14(18)23)6-4-12(8-16)22(15(24)17(19,20)21)13-5-7-25-9-11(13)3/h10-13H,4-9H2,1-3H3/t11?,12-,13?,16+/m1/s1. The monoisotopic (exact) mass is 383 g/mol. The number of alkyl halides is 3. The second kappa shape index (κ2) is 7.43. The number of carbonyl (C=O) groups excluding carboxylic acids is 2. The van der Waals surface area contributed by atoms with Gasteiger partial charge in [-0.3, -0.25) is 9.59 Å². The molecule has 4 atom stereocenters. The molecule has 144 valence electrons. The fourth-order valence-electron chi connectivity index (χ4n) is 4.23. The average molecular weight is 384 g/mol. The normalized spacial score (nSPS) is 33.5. The summed E-state index contributed by atoms with van der Waals surface area (Å²) in [5.74, 6) is -2.11. The Morgan fingerprint density at radius 3 is 2.36 bits per heavy atom. The molecule has 2 aliphatic rings. The number of hydrogen-bond donors (Lipinski definition) is 0. The number of amides is 1. The molecule has 1 amide bonds. The third-order valence-corrected chi connectivity index (χ3v) is 6.22. The van der Waals surface area contributed by atoms with Crippen molar-refractivity contribution in [3.05, 3.63) is 0 Å². The smallest absolute Gasteiger partial charge is 0.381 e. The van der Waals surface area contributed by atoms with E-state index in [0.29, 0.717) is 32.5 Å². The van der Waals surface area contributed by atoms with Gasteiger partial charge < -0.3 is 9.64 Å². The molecule has 2 rings (SSSR count). The number of rotatable bonds is 4. The Morgan fingerprint density at radius 2 is 1.92 bits per heavy atom. The second-order valence-electron chi connectivity index (χ2n) is 7.60. The molecule has 2 fully saturated rings. The maximum absolute atomic E-state index is 13.2. The van der Waals surface area contributed by atoms with Crippen LogP contribution < -0.4 is 0 Å². The van der Waals surface area contributed by atoms with Crippen LogP contribution in [0.15, 0.2) is 0 Å². The molecular formula is C17H25ClF3NO3. The Hall–Kier alpha value is -0.820. The molecule has 0 aromatic heterocycles. The van der Waals surface area contributed by atoms with Gasteiger partial charge in [0.15, 0.2) is 0 Å². The molecule has 8 heteroatoms. The molecule has 1 aliphatic heterocycles. The first kappa shape index (κ1) is 20.5. The van der Waals surface area contributed by atoms with Gasteiger partial charge in [-0.15, -0.1) is 0 Å². The average Bonchev–Trinajstić information content (AvgIpc) is 2.95. The lowest BCUT2D eigenvalue weighted by Crippen LogP contribution is -2.56. The minimum absolute atomic E-state index is 0.0996. The molecule has 0 N–H and O–H groups in total. The quantitative estimate of drug-likeness (QED) is 0.694. The third kappa shape index (κ3) is 3.97. The van der Waals surface area contributed by atoms with Crippen LogP contribution in [0, 0.1) is 17.3 Å². The maximum Gasteiger partial charge on any atom is 0.471 e. The molecule has 0 bridgehead atoms. The van der Waals surface area contributed by atoms with Crippen LogP contribution >= 0.6 is 11.6 Å². The topological polar surface area (TPSA) is 46.6 Å². The van der Waals surface area contributed by atoms with E-state index in [4.69, 9.17) is 16.3 Å². The Balaban J connectivity index is 2.33. The van der Waals surface area contributed by atoms with Crippen molar-refractivity contribution in [1.82, 2.24) is 4.90 Å². The zero-order chi connectivity index (χ0) is 19.0. The largest absolute Gasteiger partial charge is 0.471 e. The second-order valence-corrected chi connectivity index (χ2v) is 7.94. The van der Waals surface area contributed by atoms with E-state index in [1.807, 2.05) is 13.8 Å². The molecule has 4 nitrogen and oxygen atoms in total. The van der Waals surface area contributed by atoms with Crippen molar-refractivity contribution in [2.24, 2.45) is 17.3 Å². The molecule has 1 heterocycles. The highest BCUT2D eigenvalue weighted by atomic mass is 35.5. The summed E-state index contributed by atoms with van der Waals surface area (Å²) >= 11 is 5.81. The van der Waals surface area contributed by atoms with Gasteiger partial charge in [0.25, 0.3) is 0 Å². The van der Waals surface area contributed by atoms with Gasteiger partial charge >= 0.3 is 12.1 Å². The van der Waals surface area contributed by atoms with E-state index < -0.39 is 34.8 Å². The van der Waals surface area contributed by atoms with E-state index in [2.05, 4.69) is 0 Å². The molecule has 0 aromatic rings. The molecule has 0 spiro atoms. The third-order valence-electron chi connectivity index (χ3n) is 5.84. The summed E-state index contributed by atoms with van der Waals surface area (Å²) in [6.45, 7) is 6.12. The van der Waals surface area contributed by atoms with E-state index in [1.165, 1.54) is 0 Å². The van der Waals surface area contributed by atoms with Crippen LogP contribution in [0.2, 0.25) is 0 Å². The van der Waals surface area contributed by atoms with Crippen LogP contribution in [0.3, 0.4) is 0 Å². The van der Waals surface area contributed by atoms with Gasteiger partial charge in [-0.2, -0.15) is 13.2 Å².